The first-order valence-electron chi connectivity index (χ1n) is 9.35. The van der Waals surface area contributed by atoms with E-state index in [2.05, 4.69) is 10.6 Å². The molecule has 0 heterocycles. The number of carbonyl (C=O) groups is 2. The van der Waals surface area contributed by atoms with Crippen LogP contribution in [0.2, 0.25) is 0 Å². The Bertz CT molecular complexity index is 936. The van der Waals surface area contributed by atoms with Crippen LogP contribution in [-0.4, -0.2) is 22.8 Å². The fourth-order valence-electron chi connectivity index (χ4n) is 2.47. The van der Waals surface area contributed by atoms with E-state index in [-0.39, 0.29) is 11.6 Å². The van der Waals surface area contributed by atoms with E-state index in [1.165, 1.54) is 12.1 Å². The molecule has 0 radical (unpaired) electrons. The van der Waals surface area contributed by atoms with E-state index < -0.39 is 29.0 Å². The molecule has 2 rings (SSSR count). The van der Waals surface area contributed by atoms with E-state index >= 15 is 0 Å². The molecule has 0 aliphatic rings. The molecule has 2 aromatic carbocycles. The summed E-state index contributed by atoms with van der Waals surface area (Å²) in [5.41, 5.74) is -0.978. The Morgan fingerprint density at radius 1 is 1.07 bits per heavy atom. The number of amides is 1. The molecular formula is C22H25FN2O5. The average Bonchev–Trinajstić information content (AvgIpc) is 2.65. The number of nitrogens with one attached hydrogen (secondary N) is 2. The Labute approximate surface area is 174 Å². The van der Waals surface area contributed by atoms with E-state index in [0.29, 0.717) is 17.9 Å². The minimum absolute atomic E-state index is 0.0228. The van der Waals surface area contributed by atoms with Crippen molar-refractivity contribution in [3.63, 3.8) is 0 Å². The van der Waals surface area contributed by atoms with Gasteiger partial charge in [0.2, 0.25) is 5.88 Å². The van der Waals surface area contributed by atoms with Crippen molar-refractivity contribution in [2.45, 2.75) is 39.7 Å². The zero-order valence-electron chi connectivity index (χ0n) is 17.3. The monoisotopic (exact) mass is 416 g/mol. The van der Waals surface area contributed by atoms with E-state index in [1.807, 2.05) is 0 Å². The molecule has 1 amide bonds. The Morgan fingerprint density at radius 3 is 2.30 bits per heavy atom. The molecule has 0 aliphatic heterocycles. The van der Waals surface area contributed by atoms with E-state index in [4.69, 9.17) is 9.47 Å². The molecule has 160 valence electrons. The van der Waals surface area contributed by atoms with Gasteiger partial charge >= 0.3 is 12.1 Å². The van der Waals surface area contributed by atoms with Gasteiger partial charge in [0.05, 0.1) is 11.4 Å². The van der Waals surface area contributed by atoms with Gasteiger partial charge in [-0.1, -0.05) is 31.2 Å². The molecule has 0 aliphatic carbocycles. The van der Waals surface area contributed by atoms with Gasteiger partial charge in [-0.05, 0) is 51.5 Å². The largest absolute Gasteiger partial charge is 0.478 e. The van der Waals surface area contributed by atoms with Crippen LogP contribution in [-0.2, 0) is 4.74 Å². The van der Waals surface area contributed by atoms with Crippen LogP contribution < -0.4 is 15.4 Å². The number of carboxylic acid groups (broad SMARTS) is 1. The lowest BCUT2D eigenvalue weighted by atomic mass is 10.1. The van der Waals surface area contributed by atoms with Gasteiger partial charge < -0.3 is 19.9 Å². The van der Waals surface area contributed by atoms with Gasteiger partial charge in [0, 0.05) is 0 Å². The number of alkyl carbamates (subject to hydrolysis) is 1. The second kappa shape index (κ2) is 9.78. The quantitative estimate of drug-likeness (QED) is 0.542. The molecule has 0 bridgehead atoms. The summed E-state index contributed by atoms with van der Waals surface area (Å²) in [5, 5.41) is 14.8. The number of benzene rings is 2. The number of carboxylic acids is 1. The minimum atomic E-state index is -1.44. The molecule has 0 unspecified atom stereocenters. The lowest BCUT2D eigenvalue weighted by molar-refractivity contribution is 0.0541. The number of anilines is 1. The summed E-state index contributed by atoms with van der Waals surface area (Å²) in [6, 6.07) is 12.5. The van der Waals surface area contributed by atoms with Crippen molar-refractivity contribution in [3.8, 4) is 5.75 Å². The maximum absolute atomic E-state index is 14.1. The van der Waals surface area contributed by atoms with Crippen LogP contribution in [0.4, 0.5) is 14.9 Å². The number of rotatable bonds is 7. The molecule has 0 saturated carbocycles. The number of halogens is 1. The smallest absolute Gasteiger partial charge is 0.412 e. The van der Waals surface area contributed by atoms with E-state index in [1.54, 1.807) is 58.0 Å². The second-order valence-electron chi connectivity index (χ2n) is 7.30. The first-order chi connectivity index (χ1) is 14.1. The summed E-state index contributed by atoms with van der Waals surface area (Å²) in [5.74, 6) is -1.86. The number of carbonyl (C=O) groups excluding carboxylic acids is 1. The third-order valence-electron chi connectivity index (χ3n) is 3.72. The number of hydrogen-bond acceptors (Lipinski definition) is 5. The highest BCUT2D eigenvalue weighted by Gasteiger charge is 2.21. The predicted octanol–water partition coefficient (Wildman–Crippen LogP) is 5.12. The molecule has 0 spiro atoms. The number of ether oxygens (including phenoxy) is 2. The third kappa shape index (κ3) is 6.51. The van der Waals surface area contributed by atoms with Crippen LogP contribution in [0.1, 0.15) is 44.5 Å². The Kier molecular flexibility index (Phi) is 7.41. The first-order valence-corrected chi connectivity index (χ1v) is 9.35. The Hall–Kier alpha value is -3.55. The molecule has 3 N–H and O–H groups in total. The van der Waals surface area contributed by atoms with Crippen molar-refractivity contribution in [2.24, 2.45) is 0 Å². The lowest BCUT2D eigenvalue weighted by Crippen LogP contribution is -2.33. The molecule has 8 heteroatoms. The van der Waals surface area contributed by atoms with Crippen molar-refractivity contribution in [1.82, 2.24) is 5.32 Å². The fraction of sp³-hybridized carbons (Fsp3) is 0.273. The van der Waals surface area contributed by atoms with Gasteiger partial charge in [0.25, 0.3) is 0 Å². The molecule has 2 aromatic rings. The number of aromatic carboxylic acids is 1. The number of allylic oxidation sites excluding steroid dienone is 1. The van der Waals surface area contributed by atoms with Crippen LogP contribution in [0.25, 0.3) is 0 Å². The van der Waals surface area contributed by atoms with Gasteiger partial charge in [-0.3, -0.25) is 5.32 Å². The highest BCUT2D eigenvalue weighted by atomic mass is 19.1. The van der Waals surface area contributed by atoms with Crippen LogP contribution >= 0.6 is 0 Å². The van der Waals surface area contributed by atoms with E-state index in [0.717, 1.165) is 6.07 Å². The normalized spacial score (nSPS) is 11.9. The fourth-order valence-corrected chi connectivity index (χ4v) is 2.47. The van der Waals surface area contributed by atoms with Crippen LogP contribution in [0.15, 0.2) is 60.1 Å². The lowest BCUT2D eigenvalue weighted by Gasteiger charge is -2.22. The molecule has 0 aromatic heterocycles. The molecule has 7 nitrogen and oxygen atoms in total. The summed E-state index contributed by atoms with van der Waals surface area (Å²) in [4.78, 5) is 23.8. The molecular weight excluding hydrogens is 391 g/mol. The third-order valence-corrected chi connectivity index (χ3v) is 3.72. The van der Waals surface area contributed by atoms with Gasteiger partial charge in [0.1, 0.15) is 22.7 Å². The van der Waals surface area contributed by atoms with Crippen molar-refractivity contribution in [3.05, 3.63) is 71.5 Å². The maximum atomic E-state index is 14.1. The summed E-state index contributed by atoms with van der Waals surface area (Å²) in [6.45, 7) is 6.96. The van der Waals surface area contributed by atoms with Crippen LogP contribution in [0.5, 0.6) is 5.75 Å². The van der Waals surface area contributed by atoms with Gasteiger partial charge in [0.15, 0.2) is 0 Å². The zero-order chi connectivity index (χ0) is 22.3. The summed E-state index contributed by atoms with van der Waals surface area (Å²) >= 11 is 0. The van der Waals surface area contributed by atoms with Crippen molar-refractivity contribution in [1.29, 1.82) is 0 Å². The number of hydrogen-bond donors (Lipinski definition) is 3. The highest BCUT2D eigenvalue weighted by molar-refractivity contribution is 5.94. The van der Waals surface area contributed by atoms with Gasteiger partial charge in [-0.15, -0.1) is 0 Å². The average molecular weight is 416 g/mol. The van der Waals surface area contributed by atoms with Crippen molar-refractivity contribution >= 4 is 17.7 Å². The van der Waals surface area contributed by atoms with Gasteiger partial charge in [-0.25, -0.2) is 14.0 Å². The summed E-state index contributed by atoms with van der Waals surface area (Å²) in [7, 11) is 0. The predicted molar refractivity (Wildman–Crippen MR) is 111 cm³/mol. The highest BCUT2D eigenvalue weighted by Crippen LogP contribution is 2.24. The first kappa shape index (κ1) is 22.7. The summed E-state index contributed by atoms with van der Waals surface area (Å²) < 4.78 is 25.2. The standard InChI is InChI=1S/C22H25FN2O5/c1-5-16(25-21(28)30-22(2,3)4)19(29-14-10-7-6-8-11-14)24-17-13-9-12-15(23)18(17)20(26)27/h6-13,24H,5H2,1-4H3,(H,25,28)(H,26,27)/b19-16-. The van der Waals surface area contributed by atoms with Crippen molar-refractivity contribution < 1.29 is 28.6 Å². The molecule has 30 heavy (non-hydrogen) atoms. The summed E-state index contributed by atoms with van der Waals surface area (Å²) in [6.07, 6.45) is -0.389. The zero-order valence-corrected chi connectivity index (χ0v) is 17.3. The topological polar surface area (TPSA) is 96.9 Å². The molecule has 0 saturated heterocycles. The minimum Gasteiger partial charge on any atom is -0.478 e. The van der Waals surface area contributed by atoms with E-state index in [9.17, 15) is 19.1 Å². The maximum Gasteiger partial charge on any atom is 0.412 e. The molecule has 0 fully saturated rings. The Morgan fingerprint density at radius 2 is 1.73 bits per heavy atom. The second-order valence-corrected chi connectivity index (χ2v) is 7.30. The van der Waals surface area contributed by atoms with Crippen LogP contribution in [0, 0.1) is 5.82 Å². The van der Waals surface area contributed by atoms with Crippen LogP contribution in [0.3, 0.4) is 0 Å². The van der Waals surface area contributed by atoms with Crippen molar-refractivity contribution in [2.75, 3.05) is 5.32 Å². The number of para-hydroxylation sites is 1. The Balaban J connectivity index is 2.46. The SMILES string of the molecule is CC/C(NC(=O)OC(C)(C)C)=C(\Nc1cccc(F)c1C(=O)O)Oc1ccccc1. The van der Waals surface area contributed by atoms with Gasteiger partial charge in [-0.2, -0.15) is 0 Å². The molecule has 0 atom stereocenters.